The maximum Gasteiger partial charge on any atom is 0.238 e. The normalized spacial score (nSPS) is 17.7. The fourth-order valence-electron chi connectivity index (χ4n) is 3.22. The van der Waals surface area contributed by atoms with Crippen molar-refractivity contribution in [2.75, 3.05) is 6.54 Å². The summed E-state index contributed by atoms with van der Waals surface area (Å²) < 4.78 is 26.4. The van der Waals surface area contributed by atoms with Gasteiger partial charge in [0.2, 0.25) is 5.91 Å². The van der Waals surface area contributed by atoms with E-state index in [1.807, 2.05) is 12.1 Å². The summed E-state index contributed by atoms with van der Waals surface area (Å²) in [6.07, 6.45) is 3.24. The number of carbonyl (C=O) groups excluding carboxylic acids is 1. The second-order valence-corrected chi connectivity index (χ2v) is 6.72. The Hall–Kier alpha value is -2.78. The van der Waals surface area contributed by atoms with Crippen molar-refractivity contribution < 1.29 is 13.6 Å². The van der Waals surface area contributed by atoms with Gasteiger partial charge in [0.05, 0.1) is 12.1 Å². The Labute approximate surface area is 157 Å². The molecule has 0 spiro atoms. The molecule has 2 aromatic carbocycles. The highest BCUT2D eigenvalue weighted by atomic mass is 19.2. The van der Waals surface area contributed by atoms with Crippen molar-refractivity contribution in [3.05, 3.63) is 59.7 Å². The van der Waals surface area contributed by atoms with E-state index in [-0.39, 0.29) is 11.9 Å². The van der Waals surface area contributed by atoms with Gasteiger partial charge in [-0.15, -0.1) is 0 Å². The van der Waals surface area contributed by atoms with Crippen molar-refractivity contribution in [2.45, 2.75) is 37.8 Å². The quantitative estimate of drug-likeness (QED) is 0.850. The first-order valence-electron chi connectivity index (χ1n) is 9.04. The van der Waals surface area contributed by atoms with Crippen LogP contribution in [0.15, 0.2) is 42.5 Å². The van der Waals surface area contributed by atoms with Crippen LogP contribution < -0.4 is 10.6 Å². The van der Waals surface area contributed by atoms with Crippen LogP contribution in [0, 0.1) is 23.0 Å². The number of rotatable bonds is 5. The third kappa shape index (κ3) is 4.89. The van der Waals surface area contributed by atoms with Gasteiger partial charge in [-0.25, -0.2) is 8.78 Å². The standard InChI is InChI=1S/C21H21F2N3O/c22-18-9-8-16(12-19(18)23)15-6-4-14(5-7-15)11-17(13-24)26-21(27)20-3-1-2-10-25-20/h4-9,12,17,20,25H,1-3,10-11H2,(H,26,27)/t17?,20-/m0/s1. The van der Waals surface area contributed by atoms with Gasteiger partial charge in [-0.3, -0.25) is 4.79 Å². The lowest BCUT2D eigenvalue weighted by molar-refractivity contribution is -0.124. The molecule has 0 radical (unpaired) electrons. The molecule has 1 fully saturated rings. The summed E-state index contributed by atoms with van der Waals surface area (Å²) in [5.41, 5.74) is 2.21. The molecule has 6 heteroatoms. The predicted molar refractivity (Wildman–Crippen MR) is 98.7 cm³/mol. The molecule has 0 bridgehead atoms. The zero-order chi connectivity index (χ0) is 19.2. The summed E-state index contributed by atoms with van der Waals surface area (Å²) in [5, 5.41) is 15.3. The summed E-state index contributed by atoms with van der Waals surface area (Å²) in [5.74, 6) is -1.91. The Morgan fingerprint density at radius 1 is 1.15 bits per heavy atom. The highest BCUT2D eigenvalue weighted by Gasteiger charge is 2.23. The van der Waals surface area contributed by atoms with E-state index in [1.54, 1.807) is 12.1 Å². The lowest BCUT2D eigenvalue weighted by atomic mass is 10.00. The number of piperidine rings is 1. The monoisotopic (exact) mass is 369 g/mol. The van der Waals surface area contributed by atoms with Crippen LogP contribution in [-0.4, -0.2) is 24.5 Å². The molecule has 2 N–H and O–H groups in total. The van der Waals surface area contributed by atoms with Gasteiger partial charge in [0.1, 0.15) is 6.04 Å². The number of nitriles is 1. The molecule has 140 valence electrons. The Kier molecular flexibility index (Phi) is 6.15. The van der Waals surface area contributed by atoms with Gasteiger partial charge in [-0.2, -0.15) is 5.26 Å². The molecule has 2 atom stereocenters. The van der Waals surface area contributed by atoms with Crippen LogP contribution in [0.3, 0.4) is 0 Å². The second kappa shape index (κ2) is 8.74. The summed E-state index contributed by atoms with van der Waals surface area (Å²) in [6.45, 7) is 0.820. The molecule has 1 saturated heterocycles. The van der Waals surface area contributed by atoms with E-state index in [2.05, 4.69) is 16.7 Å². The maximum atomic E-state index is 13.4. The number of carbonyl (C=O) groups is 1. The Bertz CT molecular complexity index is 839. The van der Waals surface area contributed by atoms with Crippen molar-refractivity contribution in [3.8, 4) is 17.2 Å². The first-order valence-corrected chi connectivity index (χ1v) is 9.04. The molecule has 27 heavy (non-hydrogen) atoms. The van der Waals surface area contributed by atoms with Crippen LogP contribution in [-0.2, 0) is 11.2 Å². The number of nitrogens with zero attached hydrogens (tertiary/aromatic N) is 1. The number of nitrogens with one attached hydrogen (secondary N) is 2. The van der Waals surface area contributed by atoms with Crippen LogP contribution in [0.5, 0.6) is 0 Å². The van der Waals surface area contributed by atoms with Crippen LogP contribution in [0.2, 0.25) is 0 Å². The number of halogens is 2. The zero-order valence-electron chi connectivity index (χ0n) is 14.8. The fraction of sp³-hybridized carbons (Fsp3) is 0.333. The van der Waals surface area contributed by atoms with E-state index in [9.17, 15) is 18.8 Å². The first kappa shape index (κ1) is 19.0. The third-order valence-electron chi connectivity index (χ3n) is 4.75. The average Bonchev–Trinajstić information content (AvgIpc) is 2.70. The first-order chi connectivity index (χ1) is 13.1. The molecule has 0 aliphatic carbocycles. The third-order valence-corrected chi connectivity index (χ3v) is 4.75. The summed E-state index contributed by atoms with van der Waals surface area (Å²) in [7, 11) is 0. The summed E-state index contributed by atoms with van der Waals surface area (Å²) in [6, 6.07) is 12.3. The fourth-order valence-corrected chi connectivity index (χ4v) is 3.22. The minimum Gasteiger partial charge on any atom is -0.339 e. The molecule has 1 heterocycles. The predicted octanol–water partition coefficient (Wildman–Crippen LogP) is 3.32. The smallest absolute Gasteiger partial charge is 0.238 e. The number of hydrogen-bond acceptors (Lipinski definition) is 3. The van der Waals surface area contributed by atoms with E-state index >= 15 is 0 Å². The van der Waals surface area contributed by atoms with Crippen LogP contribution in [0.4, 0.5) is 8.78 Å². The van der Waals surface area contributed by atoms with Crippen LogP contribution in [0.1, 0.15) is 24.8 Å². The van der Waals surface area contributed by atoms with Gasteiger partial charge in [0.25, 0.3) is 0 Å². The van der Waals surface area contributed by atoms with Gasteiger partial charge in [-0.05, 0) is 48.2 Å². The molecule has 2 aromatic rings. The Morgan fingerprint density at radius 2 is 1.89 bits per heavy atom. The molecule has 1 aliphatic heterocycles. The van der Waals surface area contributed by atoms with E-state index < -0.39 is 17.7 Å². The van der Waals surface area contributed by atoms with Gasteiger partial charge >= 0.3 is 0 Å². The van der Waals surface area contributed by atoms with E-state index in [1.165, 1.54) is 6.07 Å². The van der Waals surface area contributed by atoms with Crippen molar-refractivity contribution in [1.82, 2.24) is 10.6 Å². The summed E-state index contributed by atoms with van der Waals surface area (Å²) in [4.78, 5) is 12.3. The second-order valence-electron chi connectivity index (χ2n) is 6.72. The highest BCUT2D eigenvalue weighted by molar-refractivity contribution is 5.82. The van der Waals surface area contributed by atoms with Gasteiger partial charge < -0.3 is 10.6 Å². The molecule has 0 saturated carbocycles. The van der Waals surface area contributed by atoms with Crippen molar-refractivity contribution in [1.29, 1.82) is 5.26 Å². The van der Waals surface area contributed by atoms with Crippen molar-refractivity contribution in [3.63, 3.8) is 0 Å². The molecule has 1 aliphatic rings. The molecular weight excluding hydrogens is 348 g/mol. The lowest BCUT2D eigenvalue weighted by Gasteiger charge is -2.23. The molecule has 3 rings (SSSR count). The van der Waals surface area contributed by atoms with Gasteiger partial charge in [-0.1, -0.05) is 36.8 Å². The maximum absolute atomic E-state index is 13.4. The molecule has 1 unspecified atom stereocenters. The largest absolute Gasteiger partial charge is 0.339 e. The van der Waals surface area contributed by atoms with E-state index in [0.717, 1.165) is 49.1 Å². The topological polar surface area (TPSA) is 64.9 Å². The minimum atomic E-state index is -0.889. The van der Waals surface area contributed by atoms with Crippen molar-refractivity contribution >= 4 is 5.91 Å². The SMILES string of the molecule is N#CC(Cc1ccc(-c2ccc(F)c(F)c2)cc1)NC(=O)[C@@H]1CCCCN1. The molecule has 0 aromatic heterocycles. The Balaban J connectivity index is 1.63. The number of hydrogen-bond donors (Lipinski definition) is 2. The summed E-state index contributed by atoms with van der Waals surface area (Å²) >= 11 is 0. The van der Waals surface area contributed by atoms with E-state index in [0.29, 0.717) is 12.0 Å². The molecule has 4 nitrogen and oxygen atoms in total. The lowest BCUT2D eigenvalue weighted by Crippen LogP contribution is -2.49. The molecular formula is C21H21F2N3O. The van der Waals surface area contributed by atoms with Crippen molar-refractivity contribution in [2.24, 2.45) is 0 Å². The van der Waals surface area contributed by atoms with Crippen LogP contribution >= 0.6 is 0 Å². The average molecular weight is 369 g/mol. The molecule has 1 amide bonds. The van der Waals surface area contributed by atoms with Gasteiger partial charge in [0, 0.05) is 6.42 Å². The highest BCUT2D eigenvalue weighted by Crippen LogP contribution is 2.22. The van der Waals surface area contributed by atoms with E-state index in [4.69, 9.17) is 0 Å². The Morgan fingerprint density at radius 3 is 2.52 bits per heavy atom. The minimum absolute atomic E-state index is 0.139. The van der Waals surface area contributed by atoms with Gasteiger partial charge in [0.15, 0.2) is 11.6 Å². The number of amides is 1. The van der Waals surface area contributed by atoms with Crippen LogP contribution in [0.25, 0.3) is 11.1 Å². The zero-order valence-corrected chi connectivity index (χ0v) is 14.8. The number of benzene rings is 2.